The number of hydrogen-bond donors (Lipinski definition) is 2. The zero-order chi connectivity index (χ0) is 26.1. The molecule has 0 radical (unpaired) electrons. The van der Waals surface area contributed by atoms with Gasteiger partial charge < -0.3 is 14.8 Å². The van der Waals surface area contributed by atoms with Gasteiger partial charge in [-0.3, -0.25) is 14.5 Å². The SMILES string of the molecule is CCCOc1cccc(/C(O)=C2\C(=O)C(=O)N(c3ccc(C(C)C)cc3)C2c2c[nH]c3ccccc23)c1. The zero-order valence-corrected chi connectivity index (χ0v) is 21.2. The minimum absolute atomic E-state index is 0.0512. The number of aliphatic hydroxyl groups is 1. The van der Waals surface area contributed by atoms with Crippen molar-refractivity contribution in [3.05, 3.63) is 101 Å². The Balaban J connectivity index is 1.70. The molecule has 1 amide bonds. The number of nitrogens with one attached hydrogen (secondary N) is 1. The molecule has 1 atom stereocenters. The van der Waals surface area contributed by atoms with Gasteiger partial charge in [0.2, 0.25) is 0 Å². The molecule has 1 aliphatic heterocycles. The van der Waals surface area contributed by atoms with Crippen molar-refractivity contribution in [3.8, 4) is 5.75 Å². The summed E-state index contributed by atoms with van der Waals surface area (Å²) in [5.41, 5.74) is 3.83. The average molecular weight is 495 g/mol. The molecule has 1 saturated heterocycles. The highest BCUT2D eigenvalue weighted by molar-refractivity contribution is 6.51. The Labute approximate surface area is 216 Å². The molecule has 0 bridgehead atoms. The quantitative estimate of drug-likeness (QED) is 0.170. The van der Waals surface area contributed by atoms with E-state index in [-0.39, 0.29) is 11.3 Å². The number of carbonyl (C=O) groups excluding carboxylic acids is 2. The monoisotopic (exact) mass is 494 g/mol. The maximum Gasteiger partial charge on any atom is 0.300 e. The summed E-state index contributed by atoms with van der Waals surface area (Å²) >= 11 is 0. The number of rotatable bonds is 7. The fourth-order valence-electron chi connectivity index (χ4n) is 4.84. The Kier molecular flexibility index (Phi) is 6.57. The van der Waals surface area contributed by atoms with Crippen LogP contribution in [0.15, 0.2) is 84.6 Å². The predicted molar refractivity (Wildman–Crippen MR) is 146 cm³/mol. The number of para-hydroxylation sites is 1. The lowest BCUT2D eigenvalue weighted by Crippen LogP contribution is -2.29. The number of aliphatic hydroxyl groups excluding tert-OH is 1. The summed E-state index contributed by atoms with van der Waals surface area (Å²) in [4.78, 5) is 31.8. The molecule has 3 aromatic carbocycles. The van der Waals surface area contributed by atoms with Gasteiger partial charge in [0.1, 0.15) is 11.5 Å². The first-order valence-corrected chi connectivity index (χ1v) is 12.6. The number of Topliss-reactive ketones (excluding diaryl/α,β-unsaturated/α-hetero) is 1. The Morgan fingerprint density at radius 1 is 1.03 bits per heavy atom. The normalized spacial score (nSPS) is 17.2. The number of ketones is 1. The Bertz CT molecular complexity index is 1500. The minimum Gasteiger partial charge on any atom is -0.507 e. The topological polar surface area (TPSA) is 82.6 Å². The third kappa shape index (κ3) is 4.40. The molecule has 1 aliphatic rings. The lowest BCUT2D eigenvalue weighted by molar-refractivity contribution is -0.132. The number of aromatic amines is 1. The number of nitrogens with zero attached hydrogens (tertiary/aromatic N) is 1. The van der Waals surface area contributed by atoms with Crippen molar-refractivity contribution in [2.24, 2.45) is 0 Å². The van der Waals surface area contributed by atoms with E-state index in [2.05, 4.69) is 18.8 Å². The van der Waals surface area contributed by atoms with E-state index in [4.69, 9.17) is 4.74 Å². The number of hydrogen-bond acceptors (Lipinski definition) is 4. The first-order chi connectivity index (χ1) is 17.9. The van der Waals surface area contributed by atoms with Crippen LogP contribution in [-0.2, 0) is 9.59 Å². The van der Waals surface area contributed by atoms with E-state index in [1.807, 2.05) is 61.7 Å². The molecule has 5 rings (SSSR count). The third-order valence-electron chi connectivity index (χ3n) is 6.78. The maximum absolute atomic E-state index is 13.5. The highest BCUT2D eigenvalue weighted by Crippen LogP contribution is 2.44. The van der Waals surface area contributed by atoms with E-state index in [9.17, 15) is 14.7 Å². The van der Waals surface area contributed by atoms with Gasteiger partial charge in [-0.1, -0.05) is 63.2 Å². The number of benzene rings is 3. The number of amides is 1. The Morgan fingerprint density at radius 2 is 1.78 bits per heavy atom. The van der Waals surface area contributed by atoms with Crippen LogP contribution in [0, 0.1) is 0 Å². The highest BCUT2D eigenvalue weighted by Gasteiger charge is 2.47. The summed E-state index contributed by atoms with van der Waals surface area (Å²) in [5.74, 6) is -0.700. The lowest BCUT2D eigenvalue weighted by Gasteiger charge is -2.25. The van der Waals surface area contributed by atoms with Crippen LogP contribution >= 0.6 is 0 Å². The second-order valence-electron chi connectivity index (χ2n) is 9.58. The molecule has 2 N–H and O–H groups in total. The number of H-pyrrole nitrogens is 1. The molecule has 0 aliphatic carbocycles. The van der Waals surface area contributed by atoms with Gasteiger partial charge in [-0.15, -0.1) is 0 Å². The van der Waals surface area contributed by atoms with Crippen LogP contribution in [0.25, 0.3) is 16.7 Å². The second-order valence-corrected chi connectivity index (χ2v) is 9.58. The van der Waals surface area contributed by atoms with E-state index in [1.165, 1.54) is 4.90 Å². The molecule has 0 saturated carbocycles. The molecule has 0 spiro atoms. The van der Waals surface area contributed by atoms with Gasteiger partial charge in [0, 0.05) is 33.9 Å². The van der Waals surface area contributed by atoms with Gasteiger partial charge in [-0.05, 0) is 48.2 Å². The summed E-state index contributed by atoms with van der Waals surface area (Å²) in [6, 6.07) is 21.6. The summed E-state index contributed by atoms with van der Waals surface area (Å²) in [6.45, 7) is 6.76. The molecular formula is C31H30N2O4. The molecule has 188 valence electrons. The summed E-state index contributed by atoms with van der Waals surface area (Å²) in [6.07, 6.45) is 2.66. The van der Waals surface area contributed by atoms with E-state index in [1.54, 1.807) is 24.3 Å². The first kappa shape index (κ1) is 24.4. The van der Waals surface area contributed by atoms with Crippen molar-refractivity contribution in [1.29, 1.82) is 0 Å². The number of carbonyl (C=O) groups is 2. The molecule has 4 aromatic rings. The van der Waals surface area contributed by atoms with Crippen molar-refractivity contribution in [2.75, 3.05) is 11.5 Å². The third-order valence-corrected chi connectivity index (χ3v) is 6.78. The van der Waals surface area contributed by atoms with Crippen molar-refractivity contribution in [1.82, 2.24) is 4.98 Å². The standard InChI is InChI=1S/C31H30N2O4/c1-4-16-37-23-9-7-8-21(17-23)29(34)27-28(25-18-32-26-11-6-5-10-24(25)26)33(31(36)30(27)35)22-14-12-20(13-15-22)19(2)3/h5-15,17-19,28,32,34H,4,16H2,1-3H3/b29-27+. The first-order valence-electron chi connectivity index (χ1n) is 12.6. The van der Waals surface area contributed by atoms with Gasteiger partial charge in [-0.2, -0.15) is 0 Å². The van der Waals surface area contributed by atoms with Crippen LogP contribution in [0.2, 0.25) is 0 Å². The van der Waals surface area contributed by atoms with Gasteiger partial charge in [0.05, 0.1) is 18.2 Å². The van der Waals surface area contributed by atoms with Crippen LogP contribution in [-0.4, -0.2) is 28.4 Å². The molecule has 1 aromatic heterocycles. The lowest BCUT2D eigenvalue weighted by atomic mass is 9.94. The van der Waals surface area contributed by atoms with Gasteiger partial charge in [0.15, 0.2) is 0 Å². The molecule has 37 heavy (non-hydrogen) atoms. The summed E-state index contributed by atoms with van der Waals surface area (Å²) < 4.78 is 5.73. The fraction of sp³-hybridized carbons (Fsp3) is 0.226. The number of fused-ring (bicyclic) bond motifs is 1. The van der Waals surface area contributed by atoms with Crippen LogP contribution in [0.5, 0.6) is 5.75 Å². The average Bonchev–Trinajstić information content (AvgIpc) is 3.45. The fourth-order valence-corrected chi connectivity index (χ4v) is 4.84. The van der Waals surface area contributed by atoms with Gasteiger partial charge in [-0.25, -0.2) is 0 Å². The minimum atomic E-state index is -0.804. The van der Waals surface area contributed by atoms with Gasteiger partial charge in [0.25, 0.3) is 11.7 Å². The van der Waals surface area contributed by atoms with Crippen molar-refractivity contribution in [3.63, 3.8) is 0 Å². The number of anilines is 1. The smallest absolute Gasteiger partial charge is 0.300 e. The van der Waals surface area contributed by atoms with E-state index >= 15 is 0 Å². The Hall–Kier alpha value is -4.32. The van der Waals surface area contributed by atoms with Gasteiger partial charge >= 0.3 is 0 Å². The van der Waals surface area contributed by atoms with E-state index in [0.29, 0.717) is 29.5 Å². The largest absolute Gasteiger partial charge is 0.507 e. The zero-order valence-electron chi connectivity index (χ0n) is 21.2. The van der Waals surface area contributed by atoms with Crippen molar-refractivity contribution >= 4 is 34.0 Å². The molecule has 6 heteroatoms. The number of aromatic nitrogens is 1. The van der Waals surface area contributed by atoms with Crippen LogP contribution < -0.4 is 9.64 Å². The van der Waals surface area contributed by atoms with Crippen molar-refractivity contribution < 1.29 is 19.4 Å². The van der Waals surface area contributed by atoms with Crippen LogP contribution in [0.1, 0.15) is 55.8 Å². The summed E-state index contributed by atoms with van der Waals surface area (Å²) in [7, 11) is 0. The van der Waals surface area contributed by atoms with Crippen LogP contribution in [0.4, 0.5) is 5.69 Å². The predicted octanol–water partition coefficient (Wildman–Crippen LogP) is 6.71. The molecule has 2 heterocycles. The number of ether oxygens (including phenoxy) is 1. The second kappa shape index (κ2) is 9.97. The molecular weight excluding hydrogens is 464 g/mol. The molecule has 6 nitrogen and oxygen atoms in total. The van der Waals surface area contributed by atoms with E-state index in [0.717, 1.165) is 28.5 Å². The Morgan fingerprint density at radius 3 is 2.51 bits per heavy atom. The highest BCUT2D eigenvalue weighted by atomic mass is 16.5. The molecule has 1 unspecified atom stereocenters. The van der Waals surface area contributed by atoms with E-state index < -0.39 is 17.7 Å². The maximum atomic E-state index is 13.5. The van der Waals surface area contributed by atoms with Crippen LogP contribution in [0.3, 0.4) is 0 Å². The van der Waals surface area contributed by atoms with Crippen molar-refractivity contribution in [2.45, 2.75) is 39.2 Å². The molecule has 1 fully saturated rings. The summed E-state index contributed by atoms with van der Waals surface area (Å²) in [5, 5.41) is 12.4.